The highest BCUT2D eigenvalue weighted by molar-refractivity contribution is 5.46. The Hall–Kier alpha value is -0.530. The summed E-state index contributed by atoms with van der Waals surface area (Å²) in [5.74, 6) is 10.2. The van der Waals surface area contributed by atoms with Crippen LogP contribution in [0.3, 0.4) is 0 Å². The predicted octanol–water partition coefficient (Wildman–Crippen LogP) is 5.37. The van der Waals surface area contributed by atoms with Crippen LogP contribution in [-0.2, 0) is 4.79 Å². The highest BCUT2D eigenvalue weighted by Crippen LogP contribution is 2.58. The third-order valence-electron chi connectivity index (χ3n) is 10.5. The Balaban J connectivity index is 1.02. The van der Waals surface area contributed by atoms with E-state index in [0.29, 0.717) is 0 Å². The molecule has 8 fully saturated rings. The SMILES string of the molecule is O=CN(CCC1C2CC3CC(C2)CC1C3)CCC1C2CC3CC(C2)CC1C3. The molecule has 0 saturated heterocycles. The van der Waals surface area contributed by atoms with Gasteiger partial charge in [0.05, 0.1) is 0 Å². The molecule has 0 aromatic rings. The van der Waals surface area contributed by atoms with E-state index in [0.717, 1.165) is 72.3 Å². The molecule has 8 bridgehead atoms. The van der Waals surface area contributed by atoms with Crippen molar-refractivity contribution in [1.82, 2.24) is 4.90 Å². The molecule has 0 atom stereocenters. The van der Waals surface area contributed by atoms with Crippen LogP contribution in [0.1, 0.15) is 77.0 Å². The van der Waals surface area contributed by atoms with Crippen LogP contribution in [0.5, 0.6) is 0 Å². The molecule has 8 aliphatic carbocycles. The van der Waals surface area contributed by atoms with Gasteiger partial charge in [-0.2, -0.15) is 0 Å². The summed E-state index contributed by atoms with van der Waals surface area (Å²) in [6.45, 7) is 2.09. The first-order valence-electron chi connectivity index (χ1n) is 12.4. The molecule has 0 aliphatic heterocycles. The van der Waals surface area contributed by atoms with Crippen LogP contribution in [0.4, 0.5) is 0 Å². The van der Waals surface area contributed by atoms with E-state index in [-0.39, 0.29) is 0 Å². The van der Waals surface area contributed by atoms with Crippen LogP contribution in [0.2, 0.25) is 0 Å². The van der Waals surface area contributed by atoms with Gasteiger partial charge in [-0.25, -0.2) is 0 Å². The zero-order valence-electron chi connectivity index (χ0n) is 17.1. The first kappa shape index (κ1) is 17.3. The van der Waals surface area contributed by atoms with Gasteiger partial charge in [-0.3, -0.25) is 4.79 Å². The number of rotatable bonds is 7. The molecule has 0 unspecified atom stereocenters. The molecule has 1 amide bonds. The summed E-state index contributed by atoms with van der Waals surface area (Å²) in [5.41, 5.74) is 0. The molecule has 27 heavy (non-hydrogen) atoms. The van der Waals surface area contributed by atoms with Crippen LogP contribution in [0, 0.1) is 59.2 Å². The van der Waals surface area contributed by atoms with Gasteiger partial charge < -0.3 is 4.90 Å². The summed E-state index contributed by atoms with van der Waals surface area (Å²) in [6.07, 6.45) is 19.0. The van der Waals surface area contributed by atoms with Gasteiger partial charge in [-0.05, 0) is 136 Å². The molecular formula is C25H39NO. The van der Waals surface area contributed by atoms with Gasteiger partial charge in [0, 0.05) is 13.1 Å². The zero-order valence-corrected chi connectivity index (χ0v) is 17.1. The zero-order chi connectivity index (χ0) is 18.0. The summed E-state index contributed by atoms with van der Waals surface area (Å²) in [5, 5.41) is 0. The van der Waals surface area contributed by atoms with E-state index in [1.54, 1.807) is 12.8 Å². The second-order valence-electron chi connectivity index (χ2n) is 11.9. The minimum absolute atomic E-state index is 0.946. The lowest BCUT2D eigenvalue weighted by Gasteiger charge is -2.55. The van der Waals surface area contributed by atoms with E-state index < -0.39 is 0 Å². The maximum absolute atomic E-state index is 11.8. The van der Waals surface area contributed by atoms with E-state index in [9.17, 15) is 4.79 Å². The molecule has 0 aromatic heterocycles. The lowest BCUT2D eigenvalue weighted by molar-refractivity contribution is -0.119. The number of amides is 1. The second-order valence-corrected chi connectivity index (χ2v) is 11.9. The third-order valence-corrected chi connectivity index (χ3v) is 10.5. The van der Waals surface area contributed by atoms with Gasteiger partial charge in [-0.15, -0.1) is 0 Å². The van der Waals surface area contributed by atoms with Crippen molar-refractivity contribution in [1.29, 1.82) is 0 Å². The van der Waals surface area contributed by atoms with Crippen molar-refractivity contribution in [3.63, 3.8) is 0 Å². The van der Waals surface area contributed by atoms with E-state index in [2.05, 4.69) is 4.90 Å². The average Bonchev–Trinajstić information content (AvgIpc) is 2.64. The molecule has 2 heteroatoms. The van der Waals surface area contributed by atoms with Crippen LogP contribution in [-0.4, -0.2) is 24.4 Å². The van der Waals surface area contributed by atoms with Crippen molar-refractivity contribution in [2.75, 3.05) is 13.1 Å². The standard InChI is InChI=1S/C25H39NO/c27-15-26(3-1-24-20-7-16-5-17(9-20)10-21(24)8-16)4-2-25-22-11-18-6-19(13-22)14-23(25)12-18/h15-25H,1-14H2. The number of carbonyl (C=O) groups excluding carboxylic acids is 1. The van der Waals surface area contributed by atoms with Crippen molar-refractivity contribution in [3.8, 4) is 0 Å². The Kier molecular flexibility index (Phi) is 4.35. The highest BCUT2D eigenvalue weighted by Gasteiger charge is 2.49. The van der Waals surface area contributed by atoms with Crippen LogP contribution < -0.4 is 0 Å². The third kappa shape index (κ3) is 3.08. The summed E-state index contributed by atoms with van der Waals surface area (Å²) in [6, 6.07) is 0. The highest BCUT2D eigenvalue weighted by atomic mass is 16.1. The van der Waals surface area contributed by atoms with Crippen LogP contribution in [0.15, 0.2) is 0 Å². The molecule has 0 radical (unpaired) electrons. The number of hydrogen-bond donors (Lipinski definition) is 0. The summed E-state index contributed by atoms with van der Waals surface area (Å²) in [4.78, 5) is 14.0. The smallest absolute Gasteiger partial charge is 0.209 e. The van der Waals surface area contributed by atoms with Crippen LogP contribution >= 0.6 is 0 Å². The fourth-order valence-electron chi connectivity index (χ4n) is 9.87. The van der Waals surface area contributed by atoms with Crippen molar-refractivity contribution in [3.05, 3.63) is 0 Å². The van der Waals surface area contributed by atoms with Crippen molar-refractivity contribution in [2.45, 2.75) is 77.0 Å². The Morgan fingerprint density at radius 2 is 0.889 bits per heavy atom. The minimum Gasteiger partial charge on any atom is -0.345 e. The van der Waals surface area contributed by atoms with Crippen LogP contribution in [0.25, 0.3) is 0 Å². The monoisotopic (exact) mass is 369 g/mol. The second kappa shape index (κ2) is 6.77. The Labute approximate surface area is 165 Å². The van der Waals surface area contributed by atoms with Crippen molar-refractivity contribution in [2.24, 2.45) is 59.2 Å². The Morgan fingerprint density at radius 3 is 1.19 bits per heavy atom. The lowest BCUT2D eigenvalue weighted by Crippen LogP contribution is -2.47. The Morgan fingerprint density at radius 1 is 0.556 bits per heavy atom. The predicted molar refractivity (Wildman–Crippen MR) is 108 cm³/mol. The average molecular weight is 370 g/mol. The quantitative estimate of drug-likeness (QED) is 0.553. The fourth-order valence-corrected chi connectivity index (χ4v) is 9.87. The first-order valence-corrected chi connectivity index (χ1v) is 12.4. The van der Waals surface area contributed by atoms with E-state index in [1.807, 2.05) is 0 Å². The maximum Gasteiger partial charge on any atom is 0.209 e. The van der Waals surface area contributed by atoms with Crippen molar-refractivity contribution < 1.29 is 4.79 Å². The summed E-state index contributed by atoms with van der Waals surface area (Å²) in [7, 11) is 0. The van der Waals surface area contributed by atoms with Crippen molar-refractivity contribution >= 4 is 6.41 Å². The number of carbonyl (C=O) groups is 1. The molecule has 0 heterocycles. The first-order chi connectivity index (χ1) is 13.2. The van der Waals surface area contributed by atoms with E-state index in [1.165, 1.54) is 70.6 Å². The molecule has 0 N–H and O–H groups in total. The van der Waals surface area contributed by atoms with E-state index >= 15 is 0 Å². The molecule has 0 spiro atoms. The summed E-state index contributed by atoms with van der Waals surface area (Å²) < 4.78 is 0. The Bertz CT molecular complexity index is 469. The van der Waals surface area contributed by atoms with Gasteiger partial charge in [-0.1, -0.05) is 0 Å². The molecular weight excluding hydrogens is 330 g/mol. The number of nitrogens with zero attached hydrogens (tertiary/aromatic N) is 1. The van der Waals surface area contributed by atoms with Gasteiger partial charge in [0.2, 0.25) is 6.41 Å². The molecule has 2 nitrogen and oxygen atoms in total. The molecule has 8 rings (SSSR count). The molecule has 0 aromatic carbocycles. The summed E-state index contributed by atoms with van der Waals surface area (Å²) >= 11 is 0. The fraction of sp³-hybridized carbons (Fsp3) is 0.960. The normalized spacial score (nSPS) is 51.7. The number of hydrogen-bond acceptors (Lipinski definition) is 1. The van der Waals surface area contributed by atoms with Gasteiger partial charge >= 0.3 is 0 Å². The van der Waals surface area contributed by atoms with Gasteiger partial charge in [0.1, 0.15) is 0 Å². The molecule has 8 aliphatic rings. The molecule has 150 valence electrons. The van der Waals surface area contributed by atoms with Gasteiger partial charge in [0.25, 0.3) is 0 Å². The minimum atomic E-state index is 0.946. The lowest BCUT2D eigenvalue weighted by atomic mass is 9.51. The largest absolute Gasteiger partial charge is 0.345 e. The van der Waals surface area contributed by atoms with E-state index in [4.69, 9.17) is 0 Å². The topological polar surface area (TPSA) is 20.3 Å². The molecule has 8 saturated carbocycles. The van der Waals surface area contributed by atoms with Gasteiger partial charge in [0.15, 0.2) is 0 Å². The maximum atomic E-state index is 11.8.